The van der Waals surface area contributed by atoms with E-state index in [4.69, 9.17) is 9.47 Å². The average Bonchev–Trinajstić information content (AvgIpc) is 2.38. The van der Waals surface area contributed by atoms with Crippen molar-refractivity contribution in [3.8, 4) is 0 Å². The van der Waals surface area contributed by atoms with Gasteiger partial charge in [-0.25, -0.2) is 0 Å². The van der Waals surface area contributed by atoms with Crippen LogP contribution >= 0.6 is 0 Å². The maximum Gasteiger partial charge on any atom is 0.159 e. The van der Waals surface area contributed by atoms with Crippen LogP contribution in [-0.2, 0) is 9.47 Å². The first-order chi connectivity index (χ1) is 9.81. The summed E-state index contributed by atoms with van der Waals surface area (Å²) in [5.74, 6) is -1.10. The van der Waals surface area contributed by atoms with Gasteiger partial charge < -0.3 is 19.7 Å². The van der Waals surface area contributed by atoms with E-state index in [9.17, 15) is 10.2 Å². The van der Waals surface area contributed by atoms with Crippen molar-refractivity contribution < 1.29 is 19.7 Å². The summed E-state index contributed by atoms with van der Waals surface area (Å²) in [6, 6.07) is 0. The van der Waals surface area contributed by atoms with Crippen molar-refractivity contribution in [2.45, 2.75) is 89.8 Å². The van der Waals surface area contributed by atoms with E-state index < -0.39 is 5.79 Å². The smallest absolute Gasteiger partial charge is 0.159 e. The van der Waals surface area contributed by atoms with Crippen LogP contribution in [0.3, 0.4) is 0 Å². The van der Waals surface area contributed by atoms with E-state index in [1.165, 1.54) is 0 Å². The summed E-state index contributed by atoms with van der Waals surface area (Å²) < 4.78 is 11.4. The maximum absolute atomic E-state index is 9.81. The van der Waals surface area contributed by atoms with Crippen LogP contribution in [0.5, 0.6) is 0 Å². The number of ether oxygens (including phenoxy) is 2. The Bertz CT molecular complexity index is 308. The van der Waals surface area contributed by atoms with Crippen molar-refractivity contribution in [2.24, 2.45) is 0 Å². The van der Waals surface area contributed by atoms with Gasteiger partial charge >= 0.3 is 0 Å². The molecule has 0 aromatic rings. The molecule has 124 valence electrons. The summed E-state index contributed by atoms with van der Waals surface area (Å²) in [4.78, 5) is 0. The molecule has 0 saturated carbocycles. The van der Waals surface area contributed by atoms with Crippen molar-refractivity contribution in [2.75, 3.05) is 6.61 Å². The van der Waals surface area contributed by atoms with Gasteiger partial charge in [-0.1, -0.05) is 19.9 Å². The highest BCUT2D eigenvalue weighted by Gasteiger charge is 2.26. The molecular formula is C17H32O4. The van der Waals surface area contributed by atoms with Crippen LogP contribution in [0.4, 0.5) is 0 Å². The summed E-state index contributed by atoms with van der Waals surface area (Å²) in [5.41, 5.74) is 1.11. The van der Waals surface area contributed by atoms with E-state index in [1.807, 2.05) is 0 Å². The van der Waals surface area contributed by atoms with Crippen molar-refractivity contribution in [1.82, 2.24) is 0 Å². The molecule has 0 amide bonds. The van der Waals surface area contributed by atoms with Gasteiger partial charge in [0.25, 0.3) is 0 Å². The first kappa shape index (κ1) is 18.6. The topological polar surface area (TPSA) is 58.9 Å². The van der Waals surface area contributed by atoms with Gasteiger partial charge in [-0.15, -0.1) is 0 Å². The molecule has 1 aliphatic heterocycles. The fraction of sp³-hybridized carbons (Fsp3) is 0.882. The Morgan fingerprint density at radius 1 is 1.38 bits per heavy atom. The zero-order valence-electron chi connectivity index (χ0n) is 13.8. The molecular weight excluding hydrogens is 268 g/mol. The molecule has 0 aliphatic carbocycles. The summed E-state index contributed by atoms with van der Waals surface area (Å²) in [5, 5.41) is 19.4. The zero-order chi connectivity index (χ0) is 15.9. The molecule has 0 bridgehead atoms. The molecule has 1 rings (SSSR count). The van der Waals surface area contributed by atoms with Crippen LogP contribution < -0.4 is 0 Å². The minimum absolute atomic E-state index is 0.00872. The van der Waals surface area contributed by atoms with Gasteiger partial charge in [0.15, 0.2) is 5.79 Å². The molecule has 1 heterocycles. The standard InChI is InChI=1S/C17H32O4/c1-5-6-14(18)8-10-15-9-7-13(2)16(21-15)11-12-20-17(3,4)19/h14-16,18-19H,2,5-12H2,1,3-4H3/t14?,15-,16-/m1/s1. The molecule has 0 aromatic heterocycles. The third-order valence-electron chi connectivity index (χ3n) is 3.88. The first-order valence-electron chi connectivity index (χ1n) is 8.19. The van der Waals surface area contributed by atoms with Crippen molar-refractivity contribution in [1.29, 1.82) is 0 Å². The van der Waals surface area contributed by atoms with E-state index in [0.29, 0.717) is 6.61 Å². The molecule has 0 radical (unpaired) electrons. The largest absolute Gasteiger partial charge is 0.393 e. The molecule has 4 nitrogen and oxygen atoms in total. The van der Waals surface area contributed by atoms with Gasteiger partial charge in [0.05, 0.1) is 24.9 Å². The quantitative estimate of drug-likeness (QED) is 0.507. The van der Waals surface area contributed by atoms with E-state index in [0.717, 1.165) is 50.5 Å². The van der Waals surface area contributed by atoms with E-state index >= 15 is 0 Å². The Balaban J connectivity index is 2.31. The molecule has 4 heteroatoms. The van der Waals surface area contributed by atoms with E-state index in [1.54, 1.807) is 13.8 Å². The normalized spacial score (nSPS) is 25.1. The molecule has 1 saturated heterocycles. The lowest BCUT2D eigenvalue weighted by atomic mass is 9.94. The zero-order valence-corrected chi connectivity index (χ0v) is 13.8. The van der Waals surface area contributed by atoms with Crippen molar-refractivity contribution in [3.05, 3.63) is 12.2 Å². The lowest BCUT2D eigenvalue weighted by Gasteiger charge is -2.33. The van der Waals surface area contributed by atoms with Gasteiger partial charge in [0.1, 0.15) is 0 Å². The summed E-state index contributed by atoms with van der Waals surface area (Å²) in [6.45, 7) is 9.87. The van der Waals surface area contributed by atoms with Gasteiger partial charge in [0.2, 0.25) is 0 Å². The third-order valence-corrected chi connectivity index (χ3v) is 3.88. The van der Waals surface area contributed by atoms with Crippen LogP contribution in [0.15, 0.2) is 12.2 Å². The Morgan fingerprint density at radius 2 is 2.10 bits per heavy atom. The summed E-state index contributed by atoms with van der Waals surface area (Å²) in [6.07, 6.45) is 6.26. The Hall–Kier alpha value is -0.420. The number of hydrogen-bond acceptors (Lipinski definition) is 4. The number of aliphatic hydroxyl groups excluding tert-OH is 1. The number of aliphatic hydroxyl groups is 2. The molecule has 1 aliphatic rings. The highest BCUT2D eigenvalue weighted by atomic mass is 16.6. The first-order valence-corrected chi connectivity index (χ1v) is 8.19. The predicted octanol–water partition coefficient (Wildman–Crippen LogP) is 3.17. The highest BCUT2D eigenvalue weighted by molar-refractivity contribution is 5.05. The molecule has 0 spiro atoms. The van der Waals surface area contributed by atoms with Crippen LogP contribution in [0.2, 0.25) is 0 Å². The second kappa shape index (κ2) is 8.89. The fourth-order valence-electron chi connectivity index (χ4n) is 2.66. The predicted molar refractivity (Wildman–Crippen MR) is 84.1 cm³/mol. The molecule has 2 N–H and O–H groups in total. The summed E-state index contributed by atoms with van der Waals surface area (Å²) in [7, 11) is 0. The number of hydrogen-bond donors (Lipinski definition) is 2. The summed E-state index contributed by atoms with van der Waals surface area (Å²) >= 11 is 0. The van der Waals surface area contributed by atoms with Gasteiger partial charge in [0, 0.05) is 6.42 Å². The monoisotopic (exact) mass is 300 g/mol. The lowest BCUT2D eigenvalue weighted by Crippen LogP contribution is -2.32. The Morgan fingerprint density at radius 3 is 2.71 bits per heavy atom. The fourth-order valence-corrected chi connectivity index (χ4v) is 2.66. The average molecular weight is 300 g/mol. The molecule has 3 atom stereocenters. The van der Waals surface area contributed by atoms with Crippen LogP contribution in [-0.4, -0.2) is 40.9 Å². The lowest BCUT2D eigenvalue weighted by molar-refractivity contribution is -0.181. The molecule has 0 aromatic carbocycles. The van der Waals surface area contributed by atoms with E-state index in [2.05, 4.69) is 13.5 Å². The third kappa shape index (κ3) is 7.96. The molecule has 1 fully saturated rings. The van der Waals surface area contributed by atoms with Gasteiger partial charge in [-0.2, -0.15) is 0 Å². The second-order valence-electron chi connectivity index (χ2n) is 6.55. The molecule has 1 unspecified atom stereocenters. The minimum atomic E-state index is -1.10. The second-order valence-corrected chi connectivity index (χ2v) is 6.55. The van der Waals surface area contributed by atoms with E-state index in [-0.39, 0.29) is 18.3 Å². The van der Waals surface area contributed by atoms with Crippen LogP contribution in [0.25, 0.3) is 0 Å². The Kier molecular flexibility index (Phi) is 7.88. The van der Waals surface area contributed by atoms with Crippen LogP contribution in [0, 0.1) is 0 Å². The van der Waals surface area contributed by atoms with Crippen LogP contribution in [0.1, 0.15) is 65.7 Å². The minimum Gasteiger partial charge on any atom is -0.393 e. The van der Waals surface area contributed by atoms with Gasteiger partial charge in [-0.3, -0.25) is 0 Å². The van der Waals surface area contributed by atoms with Crippen molar-refractivity contribution >= 4 is 0 Å². The molecule has 21 heavy (non-hydrogen) atoms. The van der Waals surface area contributed by atoms with Crippen molar-refractivity contribution in [3.63, 3.8) is 0 Å². The Labute approximate surface area is 129 Å². The number of rotatable bonds is 9. The maximum atomic E-state index is 9.81. The highest BCUT2D eigenvalue weighted by Crippen LogP contribution is 2.28. The SMILES string of the molecule is C=C1CC[C@H](CCC(O)CCC)O[C@@H]1CCOC(C)(C)O. The van der Waals surface area contributed by atoms with Gasteiger partial charge in [-0.05, 0) is 51.5 Å².